The number of nitrogens with two attached hydrogens (primary N) is 1. The summed E-state index contributed by atoms with van der Waals surface area (Å²) in [5.74, 6) is 1.26. The van der Waals surface area contributed by atoms with Gasteiger partial charge in [0, 0.05) is 6.54 Å². The van der Waals surface area contributed by atoms with Crippen molar-refractivity contribution >= 4 is 25.8 Å². The maximum Gasteiger partial charge on any atom is 0.175 e. The van der Waals surface area contributed by atoms with Gasteiger partial charge in [-0.25, -0.2) is 8.42 Å². The average Bonchev–Trinajstić information content (AvgIpc) is 2.41. The van der Waals surface area contributed by atoms with E-state index in [0.717, 1.165) is 5.56 Å². The molecule has 1 rings (SSSR count). The summed E-state index contributed by atoms with van der Waals surface area (Å²) in [4.78, 5) is 0. The molecule has 0 aliphatic carbocycles. The molecular weight excluding hydrogens is 358 g/mol. The van der Waals surface area contributed by atoms with Gasteiger partial charge >= 0.3 is 0 Å². The molecule has 0 amide bonds. The smallest absolute Gasteiger partial charge is 0.175 e. The molecule has 120 valence electrons. The molecule has 0 spiro atoms. The fraction of sp³-hybridized carbons (Fsp3) is 0.571. The first kappa shape index (κ1) is 18.3. The first-order valence-corrected chi connectivity index (χ1v) is 9.53. The van der Waals surface area contributed by atoms with Crippen LogP contribution in [0, 0.1) is 0 Å². The Morgan fingerprint density at radius 1 is 1.19 bits per heavy atom. The van der Waals surface area contributed by atoms with Gasteiger partial charge in [-0.15, -0.1) is 0 Å². The van der Waals surface area contributed by atoms with Crippen LogP contribution in [0.2, 0.25) is 0 Å². The predicted molar refractivity (Wildman–Crippen MR) is 87.6 cm³/mol. The number of rotatable bonds is 9. The highest BCUT2D eigenvalue weighted by molar-refractivity contribution is 9.10. The number of benzene rings is 1. The fourth-order valence-corrected chi connectivity index (χ4v) is 3.59. The third-order valence-corrected chi connectivity index (χ3v) is 5.17. The van der Waals surface area contributed by atoms with Crippen LogP contribution >= 0.6 is 15.9 Å². The van der Waals surface area contributed by atoms with E-state index in [1.807, 2.05) is 26.0 Å². The van der Waals surface area contributed by atoms with Crippen molar-refractivity contribution in [2.75, 3.05) is 24.7 Å². The highest BCUT2D eigenvalue weighted by atomic mass is 79.9. The Bertz CT molecular complexity index is 560. The van der Waals surface area contributed by atoms with E-state index in [4.69, 9.17) is 15.2 Å². The summed E-state index contributed by atoms with van der Waals surface area (Å²) in [5.41, 5.74) is 6.54. The summed E-state index contributed by atoms with van der Waals surface area (Å²) >= 11 is 3.41. The molecule has 7 heteroatoms. The van der Waals surface area contributed by atoms with Crippen molar-refractivity contribution in [1.29, 1.82) is 0 Å². The van der Waals surface area contributed by atoms with Crippen LogP contribution in [0.3, 0.4) is 0 Å². The standard InChI is InChI=1S/C14H22BrNO4S/c1-3-6-21(17,18)7-5-20-14-12(15)8-11(10-16)9-13(14)19-4-2/h8-9H,3-7,10,16H2,1-2H3. The van der Waals surface area contributed by atoms with Gasteiger partial charge in [-0.1, -0.05) is 6.92 Å². The van der Waals surface area contributed by atoms with Gasteiger partial charge in [-0.2, -0.15) is 0 Å². The molecular formula is C14H22BrNO4S. The average molecular weight is 380 g/mol. The molecule has 0 heterocycles. The van der Waals surface area contributed by atoms with Crippen LogP contribution in [0.25, 0.3) is 0 Å². The van der Waals surface area contributed by atoms with Gasteiger partial charge < -0.3 is 15.2 Å². The van der Waals surface area contributed by atoms with Crippen molar-refractivity contribution in [3.8, 4) is 11.5 Å². The van der Waals surface area contributed by atoms with E-state index in [2.05, 4.69) is 15.9 Å². The molecule has 2 N–H and O–H groups in total. The molecule has 5 nitrogen and oxygen atoms in total. The van der Waals surface area contributed by atoms with Gasteiger partial charge in [0.2, 0.25) is 0 Å². The second kappa shape index (κ2) is 8.60. The van der Waals surface area contributed by atoms with E-state index in [1.54, 1.807) is 0 Å². The molecule has 0 unspecified atom stereocenters. The second-order valence-corrected chi connectivity index (χ2v) is 7.70. The zero-order chi connectivity index (χ0) is 15.9. The van der Waals surface area contributed by atoms with Gasteiger partial charge in [0.05, 0.1) is 22.6 Å². The highest BCUT2D eigenvalue weighted by Gasteiger charge is 2.14. The third kappa shape index (κ3) is 5.84. The second-order valence-electron chi connectivity index (χ2n) is 4.54. The Balaban J connectivity index is 2.82. The monoisotopic (exact) mass is 379 g/mol. The minimum atomic E-state index is -3.05. The van der Waals surface area contributed by atoms with Crippen molar-refractivity contribution in [2.24, 2.45) is 5.73 Å². The van der Waals surface area contributed by atoms with Crippen molar-refractivity contribution in [1.82, 2.24) is 0 Å². The number of ether oxygens (including phenoxy) is 2. The topological polar surface area (TPSA) is 78.6 Å². The molecule has 21 heavy (non-hydrogen) atoms. The van der Waals surface area contributed by atoms with Crippen LogP contribution in [-0.2, 0) is 16.4 Å². The quantitative estimate of drug-likeness (QED) is 0.712. The number of halogens is 1. The third-order valence-electron chi connectivity index (χ3n) is 2.76. The zero-order valence-electron chi connectivity index (χ0n) is 12.4. The zero-order valence-corrected chi connectivity index (χ0v) is 14.8. The Morgan fingerprint density at radius 2 is 1.90 bits per heavy atom. The summed E-state index contributed by atoms with van der Waals surface area (Å²) in [7, 11) is -3.05. The van der Waals surface area contributed by atoms with Crippen molar-refractivity contribution in [2.45, 2.75) is 26.8 Å². The van der Waals surface area contributed by atoms with Gasteiger partial charge in [0.15, 0.2) is 21.3 Å². The Kier molecular flexibility index (Phi) is 7.48. The molecule has 0 aliphatic rings. The van der Waals surface area contributed by atoms with Gasteiger partial charge in [-0.05, 0) is 47.0 Å². The van der Waals surface area contributed by atoms with E-state index >= 15 is 0 Å². The summed E-state index contributed by atoms with van der Waals surface area (Å²) < 4.78 is 35.2. The normalized spacial score (nSPS) is 11.4. The molecule has 0 bridgehead atoms. The van der Waals surface area contributed by atoms with Gasteiger partial charge in [0.1, 0.15) is 6.61 Å². The number of hydrogen-bond donors (Lipinski definition) is 1. The molecule has 1 aromatic rings. The molecule has 0 aliphatic heterocycles. The number of sulfone groups is 1. The first-order valence-electron chi connectivity index (χ1n) is 6.92. The minimum Gasteiger partial charge on any atom is -0.490 e. The van der Waals surface area contributed by atoms with Gasteiger partial charge in [-0.3, -0.25) is 0 Å². The number of hydrogen-bond acceptors (Lipinski definition) is 5. The maximum absolute atomic E-state index is 11.7. The van der Waals surface area contributed by atoms with Crippen molar-refractivity contribution < 1.29 is 17.9 Å². The van der Waals surface area contributed by atoms with Gasteiger partial charge in [0.25, 0.3) is 0 Å². The lowest BCUT2D eigenvalue weighted by molar-refractivity contribution is 0.286. The Morgan fingerprint density at radius 3 is 2.48 bits per heavy atom. The Labute approximate surface area is 134 Å². The molecule has 0 atom stereocenters. The molecule has 0 aromatic heterocycles. The fourth-order valence-electron chi connectivity index (χ4n) is 1.83. The Hall–Kier alpha value is -0.790. The highest BCUT2D eigenvalue weighted by Crippen LogP contribution is 2.36. The van der Waals surface area contributed by atoms with Crippen LogP contribution in [0.15, 0.2) is 16.6 Å². The molecule has 0 saturated heterocycles. The van der Waals surface area contributed by atoms with E-state index in [1.165, 1.54) is 0 Å². The van der Waals surface area contributed by atoms with Crippen LogP contribution < -0.4 is 15.2 Å². The summed E-state index contributed by atoms with van der Waals surface area (Å²) in [6.07, 6.45) is 0.613. The first-order chi connectivity index (χ1) is 9.93. The van der Waals surface area contributed by atoms with Crippen molar-refractivity contribution in [3.63, 3.8) is 0 Å². The maximum atomic E-state index is 11.7. The molecule has 0 fully saturated rings. The van der Waals surface area contributed by atoms with Crippen molar-refractivity contribution in [3.05, 3.63) is 22.2 Å². The predicted octanol–water partition coefficient (Wildman–Crippen LogP) is 2.51. The van der Waals surface area contributed by atoms with Crippen LogP contribution in [0.4, 0.5) is 0 Å². The van der Waals surface area contributed by atoms with E-state index in [9.17, 15) is 8.42 Å². The SMILES string of the molecule is CCCS(=O)(=O)CCOc1c(Br)cc(CN)cc1OCC. The minimum absolute atomic E-state index is 0.00249. The van der Waals surface area contributed by atoms with Crippen LogP contribution in [0.1, 0.15) is 25.8 Å². The summed E-state index contributed by atoms with van der Waals surface area (Å²) in [6, 6.07) is 3.66. The summed E-state index contributed by atoms with van der Waals surface area (Å²) in [5, 5.41) is 0. The lowest BCUT2D eigenvalue weighted by Gasteiger charge is -2.15. The molecule has 1 aromatic carbocycles. The van der Waals surface area contributed by atoms with Crippen LogP contribution in [0.5, 0.6) is 11.5 Å². The molecule has 0 saturated carbocycles. The largest absolute Gasteiger partial charge is 0.490 e. The lowest BCUT2D eigenvalue weighted by atomic mass is 10.2. The lowest BCUT2D eigenvalue weighted by Crippen LogP contribution is -2.17. The summed E-state index contributed by atoms with van der Waals surface area (Å²) in [6.45, 7) is 4.70. The van der Waals surface area contributed by atoms with E-state index < -0.39 is 9.84 Å². The molecule has 0 radical (unpaired) electrons. The van der Waals surface area contributed by atoms with E-state index in [0.29, 0.717) is 35.5 Å². The van der Waals surface area contributed by atoms with E-state index in [-0.39, 0.29) is 18.1 Å². The van der Waals surface area contributed by atoms with Crippen LogP contribution in [-0.4, -0.2) is 33.1 Å².